The number of hydrogen-bond donors (Lipinski definition) is 0. The molecule has 0 N–H and O–H groups in total. The van der Waals surface area contributed by atoms with Crippen LogP contribution in [0.25, 0.3) is 0 Å². The topological polar surface area (TPSA) is 34.1 Å². The molecule has 0 spiro atoms. The standard InChI is InChI=1S/C9H11BrO2S/c1-2-6-13(11,12)9-5-3-4-8(10)7-9/h3-5,7H,2,6H2,1H3. The Morgan fingerprint density at radius 3 is 2.62 bits per heavy atom. The van der Waals surface area contributed by atoms with Crippen LogP contribution in [0.4, 0.5) is 0 Å². The van der Waals surface area contributed by atoms with Crippen LogP contribution in [0, 0.1) is 0 Å². The van der Waals surface area contributed by atoms with Gasteiger partial charge in [0.2, 0.25) is 0 Å². The first kappa shape index (κ1) is 10.7. The van der Waals surface area contributed by atoms with Crippen molar-refractivity contribution in [2.75, 3.05) is 5.75 Å². The zero-order chi connectivity index (χ0) is 9.90. The molecule has 0 amide bonds. The molecular weight excluding hydrogens is 252 g/mol. The highest BCUT2D eigenvalue weighted by molar-refractivity contribution is 9.10. The lowest BCUT2D eigenvalue weighted by molar-refractivity contribution is 0.594. The summed E-state index contributed by atoms with van der Waals surface area (Å²) >= 11 is 3.24. The van der Waals surface area contributed by atoms with Gasteiger partial charge < -0.3 is 0 Å². The van der Waals surface area contributed by atoms with Crippen molar-refractivity contribution in [3.05, 3.63) is 28.7 Å². The van der Waals surface area contributed by atoms with Gasteiger partial charge in [0.05, 0.1) is 10.6 Å². The minimum absolute atomic E-state index is 0.212. The summed E-state index contributed by atoms with van der Waals surface area (Å²) in [7, 11) is -3.06. The van der Waals surface area contributed by atoms with Gasteiger partial charge in [0.1, 0.15) is 0 Å². The summed E-state index contributed by atoms with van der Waals surface area (Å²) in [4.78, 5) is 0.392. The van der Waals surface area contributed by atoms with Gasteiger partial charge in [-0.25, -0.2) is 8.42 Å². The average Bonchev–Trinajstić information content (AvgIpc) is 2.04. The van der Waals surface area contributed by atoms with Crippen molar-refractivity contribution in [1.82, 2.24) is 0 Å². The molecule has 0 saturated carbocycles. The van der Waals surface area contributed by atoms with E-state index < -0.39 is 9.84 Å². The molecule has 1 rings (SSSR count). The molecule has 1 aromatic rings. The van der Waals surface area contributed by atoms with Gasteiger partial charge in [0.15, 0.2) is 9.84 Å². The molecule has 0 radical (unpaired) electrons. The Balaban J connectivity index is 3.08. The van der Waals surface area contributed by atoms with Crippen molar-refractivity contribution in [2.24, 2.45) is 0 Å². The average molecular weight is 263 g/mol. The van der Waals surface area contributed by atoms with Gasteiger partial charge in [-0.2, -0.15) is 0 Å². The molecule has 0 unspecified atom stereocenters. The maximum absolute atomic E-state index is 11.6. The summed E-state index contributed by atoms with van der Waals surface area (Å²) in [5.41, 5.74) is 0. The van der Waals surface area contributed by atoms with E-state index in [0.29, 0.717) is 11.3 Å². The summed E-state index contributed by atoms with van der Waals surface area (Å²) in [6.07, 6.45) is 0.648. The molecule has 0 fully saturated rings. The highest BCUT2D eigenvalue weighted by Gasteiger charge is 2.12. The van der Waals surface area contributed by atoms with Gasteiger partial charge in [-0.3, -0.25) is 0 Å². The SMILES string of the molecule is CCCS(=O)(=O)c1cccc(Br)c1. The number of rotatable bonds is 3. The second-order valence-corrected chi connectivity index (χ2v) is 5.80. The Bertz CT molecular complexity index is 384. The predicted molar refractivity (Wildman–Crippen MR) is 56.5 cm³/mol. The maximum Gasteiger partial charge on any atom is 0.178 e. The van der Waals surface area contributed by atoms with Crippen molar-refractivity contribution in [3.8, 4) is 0 Å². The van der Waals surface area contributed by atoms with Crippen LogP contribution >= 0.6 is 15.9 Å². The second-order valence-electron chi connectivity index (χ2n) is 2.78. The first-order chi connectivity index (χ1) is 6.06. The first-order valence-corrected chi connectivity index (χ1v) is 6.49. The predicted octanol–water partition coefficient (Wildman–Crippen LogP) is 2.63. The monoisotopic (exact) mass is 262 g/mol. The normalized spacial score (nSPS) is 11.5. The van der Waals surface area contributed by atoms with Gasteiger partial charge in [-0.15, -0.1) is 0 Å². The zero-order valence-corrected chi connectivity index (χ0v) is 9.73. The fraction of sp³-hybridized carbons (Fsp3) is 0.333. The smallest absolute Gasteiger partial charge is 0.178 e. The Morgan fingerprint density at radius 1 is 1.38 bits per heavy atom. The molecule has 4 heteroatoms. The van der Waals surface area contributed by atoms with E-state index in [-0.39, 0.29) is 5.75 Å². The summed E-state index contributed by atoms with van der Waals surface area (Å²) in [5.74, 6) is 0.212. The molecule has 13 heavy (non-hydrogen) atoms. The van der Waals surface area contributed by atoms with E-state index in [0.717, 1.165) is 4.47 Å². The number of hydrogen-bond acceptors (Lipinski definition) is 2. The molecule has 0 heterocycles. The molecule has 1 aromatic carbocycles. The molecule has 0 bridgehead atoms. The van der Waals surface area contributed by atoms with Crippen LogP contribution in [0.1, 0.15) is 13.3 Å². The third kappa shape index (κ3) is 2.81. The minimum atomic E-state index is -3.06. The van der Waals surface area contributed by atoms with Crippen LogP contribution in [0.15, 0.2) is 33.6 Å². The second kappa shape index (κ2) is 4.24. The molecule has 0 saturated heterocycles. The van der Waals surface area contributed by atoms with E-state index in [9.17, 15) is 8.42 Å². The molecular formula is C9H11BrO2S. The number of sulfone groups is 1. The van der Waals surface area contributed by atoms with E-state index in [1.807, 2.05) is 13.0 Å². The molecule has 0 atom stereocenters. The van der Waals surface area contributed by atoms with Gasteiger partial charge in [-0.1, -0.05) is 28.9 Å². The number of benzene rings is 1. The third-order valence-corrected chi connectivity index (χ3v) is 4.04. The van der Waals surface area contributed by atoms with Crippen molar-refractivity contribution in [3.63, 3.8) is 0 Å². The molecule has 0 aliphatic rings. The quantitative estimate of drug-likeness (QED) is 0.840. The summed E-state index contributed by atoms with van der Waals surface area (Å²) in [6.45, 7) is 1.86. The van der Waals surface area contributed by atoms with Crippen molar-refractivity contribution < 1.29 is 8.42 Å². The maximum atomic E-state index is 11.6. The van der Waals surface area contributed by atoms with Gasteiger partial charge in [0, 0.05) is 4.47 Å². The van der Waals surface area contributed by atoms with E-state index in [4.69, 9.17) is 0 Å². The van der Waals surface area contributed by atoms with Crippen LogP contribution in [0.5, 0.6) is 0 Å². The van der Waals surface area contributed by atoms with Gasteiger partial charge in [0.25, 0.3) is 0 Å². The first-order valence-electron chi connectivity index (χ1n) is 4.04. The lowest BCUT2D eigenvalue weighted by Gasteiger charge is -2.02. The Morgan fingerprint density at radius 2 is 2.08 bits per heavy atom. The molecule has 0 aromatic heterocycles. The third-order valence-electron chi connectivity index (χ3n) is 1.63. The van der Waals surface area contributed by atoms with Crippen LogP contribution < -0.4 is 0 Å². The van der Waals surface area contributed by atoms with Gasteiger partial charge >= 0.3 is 0 Å². The summed E-state index contributed by atoms with van der Waals surface area (Å²) in [5, 5.41) is 0. The largest absolute Gasteiger partial charge is 0.224 e. The van der Waals surface area contributed by atoms with Crippen molar-refractivity contribution in [1.29, 1.82) is 0 Å². The Hall–Kier alpha value is -0.350. The Kier molecular flexibility index (Phi) is 3.50. The summed E-state index contributed by atoms with van der Waals surface area (Å²) in [6, 6.07) is 6.79. The van der Waals surface area contributed by atoms with Crippen LogP contribution in [-0.2, 0) is 9.84 Å². The minimum Gasteiger partial charge on any atom is -0.224 e. The number of halogens is 1. The van der Waals surface area contributed by atoms with Gasteiger partial charge in [-0.05, 0) is 24.6 Å². The molecule has 2 nitrogen and oxygen atoms in total. The van der Waals surface area contributed by atoms with Crippen molar-refractivity contribution >= 4 is 25.8 Å². The van der Waals surface area contributed by atoms with Crippen molar-refractivity contribution in [2.45, 2.75) is 18.2 Å². The lowest BCUT2D eigenvalue weighted by atomic mass is 10.4. The molecule has 72 valence electrons. The Labute approximate surface area is 87.0 Å². The van der Waals surface area contributed by atoms with E-state index in [2.05, 4.69) is 15.9 Å². The fourth-order valence-electron chi connectivity index (χ4n) is 1.05. The van der Waals surface area contributed by atoms with E-state index >= 15 is 0 Å². The highest BCUT2D eigenvalue weighted by atomic mass is 79.9. The van der Waals surface area contributed by atoms with Crippen LogP contribution in [0.3, 0.4) is 0 Å². The molecule has 0 aliphatic carbocycles. The zero-order valence-electron chi connectivity index (χ0n) is 7.33. The fourth-order valence-corrected chi connectivity index (χ4v) is 2.96. The molecule has 0 aliphatic heterocycles. The summed E-state index contributed by atoms with van der Waals surface area (Å²) < 4.78 is 23.9. The van der Waals surface area contributed by atoms with Crippen LogP contribution in [-0.4, -0.2) is 14.2 Å². The van der Waals surface area contributed by atoms with Crippen LogP contribution in [0.2, 0.25) is 0 Å². The lowest BCUT2D eigenvalue weighted by Crippen LogP contribution is -2.05. The van der Waals surface area contributed by atoms with E-state index in [1.165, 1.54) is 0 Å². The highest BCUT2D eigenvalue weighted by Crippen LogP contribution is 2.17. The van der Waals surface area contributed by atoms with E-state index in [1.54, 1.807) is 18.2 Å².